The fraction of sp³-hybridized carbons (Fsp3) is 0.300. The molecule has 5 aromatic rings. The number of nitrogens with one attached hydrogen (secondary N) is 2. The Kier molecular flexibility index (Phi) is 10.0. The summed E-state index contributed by atoms with van der Waals surface area (Å²) in [7, 11) is 1.54. The quantitative estimate of drug-likeness (QED) is 0.162. The van der Waals surface area contributed by atoms with Gasteiger partial charge in [-0.15, -0.1) is 0 Å². The zero-order chi connectivity index (χ0) is 36.4. The van der Waals surface area contributed by atoms with E-state index in [1.807, 2.05) is 62.5 Å². The van der Waals surface area contributed by atoms with Gasteiger partial charge in [0.25, 0.3) is 5.91 Å². The number of methoxy groups -OCH3 is 1. The molecule has 52 heavy (non-hydrogen) atoms. The predicted octanol–water partition coefficient (Wildman–Crippen LogP) is 6.83. The van der Waals surface area contributed by atoms with Crippen LogP contribution in [0.15, 0.2) is 91.4 Å². The van der Waals surface area contributed by atoms with Crippen LogP contribution in [-0.4, -0.2) is 76.9 Å². The Hall–Kier alpha value is -5.55. The number of benzene rings is 3. The highest BCUT2D eigenvalue weighted by Gasteiger charge is 2.48. The van der Waals surface area contributed by atoms with Gasteiger partial charge in [-0.05, 0) is 73.7 Å². The van der Waals surface area contributed by atoms with E-state index in [9.17, 15) is 14.4 Å². The first-order valence-corrected chi connectivity index (χ1v) is 17.7. The average molecular weight is 722 g/mol. The van der Waals surface area contributed by atoms with Crippen LogP contribution in [0.2, 0.25) is 5.02 Å². The monoisotopic (exact) mass is 721 g/mol. The van der Waals surface area contributed by atoms with Crippen molar-refractivity contribution in [1.29, 1.82) is 0 Å². The van der Waals surface area contributed by atoms with E-state index in [2.05, 4.69) is 15.3 Å². The fourth-order valence-electron chi connectivity index (χ4n) is 7.24. The second kappa shape index (κ2) is 15.0. The summed E-state index contributed by atoms with van der Waals surface area (Å²) in [6.45, 7) is 5.26. The molecule has 0 radical (unpaired) electrons. The van der Waals surface area contributed by atoms with Crippen LogP contribution >= 0.6 is 11.6 Å². The minimum atomic E-state index is -0.586. The highest BCUT2D eigenvalue weighted by Crippen LogP contribution is 2.38. The first-order valence-electron chi connectivity index (χ1n) is 17.3. The summed E-state index contributed by atoms with van der Waals surface area (Å²) in [5.41, 5.74) is 2.63. The molecular formula is C40H40ClN5O6. The van der Waals surface area contributed by atoms with Gasteiger partial charge in [0.05, 0.1) is 43.6 Å². The summed E-state index contributed by atoms with van der Waals surface area (Å²) in [6, 6.07) is 21.7. The lowest BCUT2D eigenvalue weighted by atomic mass is 9.79. The number of carbonyl (C=O) groups excluding carboxylic acids is 3. The van der Waals surface area contributed by atoms with E-state index in [1.54, 1.807) is 59.6 Å². The van der Waals surface area contributed by atoms with Crippen LogP contribution < -0.4 is 19.5 Å². The molecule has 3 aromatic carbocycles. The molecule has 0 bridgehead atoms. The molecule has 2 saturated heterocycles. The largest absolute Gasteiger partial charge is 0.493 e. The molecule has 2 N–H and O–H groups in total. The van der Waals surface area contributed by atoms with Crippen LogP contribution in [-0.2, 0) is 16.0 Å². The minimum absolute atomic E-state index is 0.0602. The van der Waals surface area contributed by atoms with Gasteiger partial charge in [-0.25, -0.2) is 0 Å². The van der Waals surface area contributed by atoms with Crippen molar-refractivity contribution in [2.24, 2.45) is 17.8 Å². The molecular weight excluding hydrogens is 682 g/mol. The maximum atomic E-state index is 14.2. The third-order valence-corrected chi connectivity index (χ3v) is 9.90. The number of aromatic amines is 1. The lowest BCUT2D eigenvalue weighted by Crippen LogP contribution is -2.52. The van der Waals surface area contributed by atoms with Crippen molar-refractivity contribution in [2.45, 2.75) is 26.4 Å². The number of H-pyrrole nitrogens is 1. The smallest absolute Gasteiger partial charge is 0.254 e. The predicted molar refractivity (Wildman–Crippen MR) is 198 cm³/mol. The number of para-hydroxylation sites is 1. The minimum Gasteiger partial charge on any atom is -0.493 e. The summed E-state index contributed by atoms with van der Waals surface area (Å²) < 4.78 is 17.3. The van der Waals surface area contributed by atoms with E-state index in [-0.39, 0.29) is 48.6 Å². The Balaban J connectivity index is 1.12. The first kappa shape index (κ1) is 34.9. The van der Waals surface area contributed by atoms with Crippen molar-refractivity contribution in [3.63, 3.8) is 0 Å². The number of amides is 3. The second-order valence-electron chi connectivity index (χ2n) is 13.6. The maximum Gasteiger partial charge on any atom is 0.254 e. The highest BCUT2D eigenvalue weighted by atomic mass is 35.5. The van der Waals surface area contributed by atoms with Crippen LogP contribution in [0.1, 0.15) is 29.8 Å². The van der Waals surface area contributed by atoms with E-state index < -0.39 is 5.92 Å². The maximum absolute atomic E-state index is 14.2. The molecule has 7 rings (SSSR count). The number of likely N-dealkylation sites (tertiary alicyclic amines) is 2. The summed E-state index contributed by atoms with van der Waals surface area (Å²) >= 11 is 6.19. The summed E-state index contributed by atoms with van der Waals surface area (Å²) in [5.74, 6) is 0.747. The molecule has 11 nitrogen and oxygen atoms in total. The fourth-order valence-corrected chi connectivity index (χ4v) is 7.41. The number of ether oxygens (including phenoxy) is 3. The van der Waals surface area contributed by atoms with Crippen LogP contribution in [0, 0.1) is 17.8 Å². The van der Waals surface area contributed by atoms with Gasteiger partial charge in [-0.3, -0.25) is 19.4 Å². The van der Waals surface area contributed by atoms with Gasteiger partial charge in [0.2, 0.25) is 11.8 Å². The van der Waals surface area contributed by atoms with Crippen molar-refractivity contribution in [3.8, 4) is 23.0 Å². The van der Waals surface area contributed by atoms with E-state index >= 15 is 0 Å². The van der Waals surface area contributed by atoms with Gasteiger partial charge < -0.3 is 34.3 Å². The van der Waals surface area contributed by atoms with Gasteiger partial charge in [-0.2, -0.15) is 0 Å². The van der Waals surface area contributed by atoms with Crippen molar-refractivity contribution in [1.82, 2.24) is 19.8 Å². The number of halogens is 1. The third kappa shape index (κ3) is 7.55. The number of hydrogen-bond donors (Lipinski definition) is 2. The molecule has 2 aliphatic heterocycles. The molecule has 0 aliphatic carbocycles. The average Bonchev–Trinajstić information content (AvgIpc) is 3.75. The van der Waals surface area contributed by atoms with Gasteiger partial charge >= 0.3 is 0 Å². The van der Waals surface area contributed by atoms with Crippen LogP contribution in [0.25, 0.3) is 10.9 Å². The van der Waals surface area contributed by atoms with Crippen molar-refractivity contribution in [3.05, 3.63) is 108 Å². The number of piperidine rings is 1. The lowest BCUT2D eigenvalue weighted by Gasteiger charge is -2.39. The SMILES string of the molecule is COc1cc(C(=O)N2CC3CN(C(=O)Cc4c[nH]c5cc(Cl)ccc45)CC(C(=O)Nc4cncc(Oc5ccccc5)c4)C3C2)ccc1OC(C)C. The molecule has 0 spiro atoms. The van der Waals surface area contributed by atoms with E-state index in [0.717, 1.165) is 16.5 Å². The Morgan fingerprint density at radius 1 is 0.923 bits per heavy atom. The summed E-state index contributed by atoms with van der Waals surface area (Å²) in [6.07, 6.45) is 5.07. The molecule has 4 heterocycles. The molecule has 12 heteroatoms. The molecule has 3 unspecified atom stereocenters. The molecule has 3 amide bonds. The van der Waals surface area contributed by atoms with E-state index in [1.165, 1.54) is 0 Å². The Bertz CT molecular complexity index is 2100. The molecule has 2 fully saturated rings. The van der Waals surface area contributed by atoms with E-state index in [4.69, 9.17) is 25.8 Å². The number of fused-ring (bicyclic) bond motifs is 2. The zero-order valence-electron chi connectivity index (χ0n) is 29.2. The molecule has 2 aliphatic rings. The lowest BCUT2D eigenvalue weighted by molar-refractivity contribution is -0.136. The number of hydrogen-bond acceptors (Lipinski definition) is 7. The normalized spacial score (nSPS) is 18.3. The summed E-state index contributed by atoms with van der Waals surface area (Å²) in [5, 5.41) is 4.55. The molecule has 268 valence electrons. The van der Waals surface area contributed by atoms with Crippen molar-refractivity contribution in [2.75, 3.05) is 38.6 Å². The third-order valence-electron chi connectivity index (χ3n) is 9.66. The van der Waals surface area contributed by atoms with Gasteiger partial charge in [0.15, 0.2) is 11.5 Å². The highest BCUT2D eigenvalue weighted by molar-refractivity contribution is 6.31. The standard InChI is InChI=1S/C40H40ClN5O6/c1-24(2)51-36-12-9-25(13-37(36)50-3)40(49)46-21-27-20-45(38(47)14-26-17-43-35-15-28(41)10-11-32(26)35)23-34(33(27)22-46)39(48)44-29-16-31(19-42-18-29)52-30-7-5-4-6-8-30/h4-13,15-19,24,27,33-34,43H,14,20-23H2,1-3H3,(H,44,48). The molecule has 3 atom stereocenters. The molecule has 0 saturated carbocycles. The number of nitrogens with zero attached hydrogens (tertiary/aromatic N) is 3. The first-order chi connectivity index (χ1) is 25.1. The van der Waals surface area contributed by atoms with Gasteiger partial charge in [0.1, 0.15) is 11.5 Å². The topological polar surface area (TPSA) is 126 Å². The number of pyridine rings is 1. The molecule has 2 aromatic heterocycles. The van der Waals surface area contributed by atoms with Gasteiger partial charge in [0, 0.05) is 59.9 Å². The Morgan fingerprint density at radius 2 is 1.73 bits per heavy atom. The number of anilines is 1. The zero-order valence-corrected chi connectivity index (χ0v) is 29.9. The number of carbonyl (C=O) groups is 3. The number of aromatic nitrogens is 2. The van der Waals surface area contributed by atoms with Crippen molar-refractivity contribution < 1.29 is 28.6 Å². The van der Waals surface area contributed by atoms with Crippen LogP contribution in [0.5, 0.6) is 23.0 Å². The van der Waals surface area contributed by atoms with Crippen molar-refractivity contribution >= 4 is 45.9 Å². The van der Waals surface area contributed by atoms with Crippen LogP contribution in [0.4, 0.5) is 5.69 Å². The number of rotatable bonds is 10. The Labute approximate surface area is 306 Å². The van der Waals surface area contributed by atoms with Crippen LogP contribution in [0.3, 0.4) is 0 Å². The second-order valence-corrected chi connectivity index (χ2v) is 14.0. The van der Waals surface area contributed by atoms with E-state index in [0.29, 0.717) is 58.9 Å². The van der Waals surface area contributed by atoms with Gasteiger partial charge in [-0.1, -0.05) is 35.9 Å². The Morgan fingerprint density at radius 3 is 2.52 bits per heavy atom. The summed E-state index contributed by atoms with van der Waals surface area (Å²) in [4.78, 5) is 53.1.